The normalized spacial score (nSPS) is 17.1. The fourth-order valence-electron chi connectivity index (χ4n) is 4.96. The van der Waals surface area contributed by atoms with Crippen molar-refractivity contribution in [2.24, 2.45) is 0 Å². The number of nitrogens with zero attached hydrogens (tertiary/aromatic N) is 4. The summed E-state index contributed by atoms with van der Waals surface area (Å²) in [5.41, 5.74) is 7.04. The first-order valence-corrected chi connectivity index (χ1v) is 12.8. The number of nitrogens with one attached hydrogen (secondary N) is 1. The Kier molecular flexibility index (Phi) is 7.40. The predicted octanol–water partition coefficient (Wildman–Crippen LogP) is 4.29. The van der Waals surface area contributed by atoms with Gasteiger partial charge in [0.15, 0.2) is 5.82 Å². The van der Waals surface area contributed by atoms with Gasteiger partial charge in [0.2, 0.25) is 5.91 Å². The van der Waals surface area contributed by atoms with Crippen LogP contribution in [-0.4, -0.2) is 70.1 Å². The maximum Gasteiger partial charge on any atom is 0.288 e. The minimum Gasteiger partial charge on any atom is -0.457 e. The molecule has 2 aromatic carbocycles. The van der Waals surface area contributed by atoms with Crippen LogP contribution in [0.2, 0.25) is 0 Å². The molecule has 5 rings (SSSR count). The number of ether oxygens (including phenoxy) is 1. The molecule has 1 saturated heterocycles. The number of carbonyl (C=O) groups excluding carboxylic acids is 1. The molecule has 11 heteroatoms. The molecule has 0 radical (unpaired) electrons. The van der Waals surface area contributed by atoms with E-state index in [0.717, 1.165) is 4.90 Å². The quantitative estimate of drug-likeness (QED) is 0.334. The number of amides is 1. The van der Waals surface area contributed by atoms with Gasteiger partial charge >= 0.3 is 0 Å². The topological polar surface area (TPSA) is 109 Å². The van der Waals surface area contributed by atoms with Gasteiger partial charge in [0, 0.05) is 37.3 Å². The Morgan fingerprint density at radius 2 is 1.88 bits per heavy atom. The van der Waals surface area contributed by atoms with E-state index in [9.17, 15) is 18.4 Å². The fraction of sp³-hybridized carbons (Fsp3) is 0.276. The van der Waals surface area contributed by atoms with E-state index in [0.29, 0.717) is 34.6 Å². The SMILES string of the molecule is CN(C)CC=CC(=O)N1C[C@H](n2cc(-c3ccc(Oc4ccccc4)cc3)c3c(N)n[nH]c(=O)c32)CC(F)(F)C1. The van der Waals surface area contributed by atoms with Crippen molar-refractivity contribution < 1.29 is 18.3 Å². The van der Waals surface area contributed by atoms with Crippen LogP contribution in [0.1, 0.15) is 12.5 Å². The van der Waals surface area contributed by atoms with Crippen LogP contribution in [0.15, 0.2) is 77.7 Å². The summed E-state index contributed by atoms with van der Waals surface area (Å²) in [6, 6.07) is 15.6. The number of likely N-dealkylation sites (N-methyl/N-ethyl adjacent to an activating group) is 1. The molecule has 1 amide bonds. The van der Waals surface area contributed by atoms with Crippen LogP contribution in [0.25, 0.3) is 22.0 Å². The van der Waals surface area contributed by atoms with Crippen molar-refractivity contribution in [1.82, 2.24) is 24.6 Å². The summed E-state index contributed by atoms with van der Waals surface area (Å²) < 4.78 is 37.3. The molecule has 1 aliphatic rings. The smallest absolute Gasteiger partial charge is 0.288 e. The summed E-state index contributed by atoms with van der Waals surface area (Å²) in [5.74, 6) is -2.30. The molecule has 3 heterocycles. The number of alkyl halides is 2. The Hall–Kier alpha value is -4.51. The summed E-state index contributed by atoms with van der Waals surface area (Å²) in [7, 11) is 3.69. The fourth-order valence-corrected chi connectivity index (χ4v) is 4.96. The lowest BCUT2D eigenvalue weighted by Gasteiger charge is -2.38. The molecule has 3 N–H and O–H groups in total. The van der Waals surface area contributed by atoms with Crippen molar-refractivity contribution in [2.45, 2.75) is 18.4 Å². The van der Waals surface area contributed by atoms with E-state index in [-0.39, 0.29) is 17.9 Å². The van der Waals surface area contributed by atoms with E-state index in [1.807, 2.05) is 49.3 Å². The van der Waals surface area contributed by atoms with Gasteiger partial charge in [-0.3, -0.25) is 9.59 Å². The first-order chi connectivity index (χ1) is 19.1. The minimum absolute atomic E-state index is 0.00939. The molecule has 208 valence electrons. The van der Waals surface area contributed by atoms with Crippen LogP contribution in [0.5, 0.6) is 11.5 Å². The Balaban J connectivity index is 1.51. The van der Waals surface area contributed by atoms with Gasteiger partial charge < -0.3 is 24.8 Å². The molecule has 2 aromatic heterocycles. The van der Waals surface area contributed by atoms with Crippen LogP contribution in [0, 0.1) is 0 Å². The molecule has 0 spiro atoms. The number of hydrogen-bond donors (Lipinski definition) is 2. The Morgan fingerprint density at radius 1 is 1.18 bits per heavy atom. The number of hydrogen-bond acceptors (Lipinski definition) is 6. The average Bonchev–Trinajstić information content (AvgIpc) is 3.33. The summed E-state index contributed by atoms with van der Waals surface area (Å²) in [4.78, 5) is 28.7. The monoisotopic (exact) mass is 548 g/mol. The molecule has 0 aliphatic carbocycles. The Morgan fingerprint density at radius 3 is 2.58 bits per heavy atom. The van der Waals surface area contributed by atoms with E-state index >= 15 is 0 Å². The highest BCUT2D eigenvalue weighted by Gasteiger charge is 2.43. The number of piperidine rings is 1. The minimum atomic E-state index is -3.15. The summed E-state index contributed by atoms with van der Waals surface area (Å²) in [5, 5.41) is 6.64. The van der Waals surface area contributed by atoms with E-state index in [2.05, 4.69) is 10.2 Å². The van der Waals surface area contributed by atoms with Gasteiger partial charge in [0.1, 0.15) is 17.0 Å². The second kappa shape index (κ2) is 10.9. The maximum atomic E-state index is 15.0. The van der Waals surface area contributed by atoms with Crippen LogP contribution < -0.4 is 16.0 Å². The van der Waals surface area contributed by atoms with Crippen molar-refractivity contribution in [2.75, 3.05) is 39.5 Å². The molecule has 1 aliphatic heterocycles. The zero-order chi connectivity index (χ0) is 28.4. The third-order valence-corrected chi connectivity index (χ3v) is 6.75. The van der Waals surface area contributed by atoms with Gasteiger partial charge in [0.25, 0.3) is 11.5 Å². The number of rotatable bonds is 7. The molecule has 40 heavy (non-hydrogen) atoms. The molecule has 1 atom stereocenters. The molecule has 9 nitrogen and oxygen atoms in total. The molecular weight excluding hydrogens is 518 g/mol. The third-order valence-electron chi connectivity index (χ3n) is 6.75. The third kappa shape index (κ3) is 5.74. The standard InChI is InChI=1S/C29H30F2N6O3/c1-35(2)14-6-9-24(38)36-16-20(15-29(30,31)18-36)37-17-23(25-26(37)28(39)34-33-27(25)32)19-10-12-22(13-11-19)40-21-7-4-3-5-8-21/h3-13,17,20H,14-16,18H2,1-2H3,(H2,32,33)(H,34,39)/t20-/m1/s1. The highest BCUT2D eigenvalue weighted by atomic mass is 19.3. The van der Waals surface area contributed by atoms with Gasteiger partial charge in [-0.1, -0.05) is 36.4 Å². The second-order valence-electron chi connectivity index (χ2n) is 10.1. The van der Waals surface area contributed by atoms with Gasteiger partial charge in [-0.2, -0.15) is 5.10 Å². The van der Waals surface area contributed by atoms with Gasteiger partial charge in [-0.25, -0.2) is 13.9 Å². The Labute approximate surface area is 229 Å². The zero-order valence-electron chi connectivity index (χ0n) is 22.2. The number of benzene rings is 2. The van der Waals surface area contributed by atoms with Gasteiger partial charge in [0.05, 0.1) is 18.0 Å². The predicted molar refractivity (Wildman–Crippen MR) is 150 cm³/mol. The van der Waals surface area contributed by atoms with Crippen molar-refractivity contribution in [3.63, 3.8) is 0 Å². The number of H-pyrrole nitrogens is 1. The van der Waals surface area contributed by atoms with E-state index in [4.69, 9.17) is 10.5 Å². The highest BCUT2D eigenvalue weighted by Crippen LogP contribution is 2.39. The van der Waals surface area contributed by atoms with Crippen LogP contribution in [0.4, 0.5) is 14.6 Å². The van der Waals surface area contributed by atoms with Crippen molar-refractivity contribution in [3.8, 4) is 22.6 Å². The molecule has 1 fully saturated rings. The van der Waals surface area contributed by atoms with Crippen molar-refractivity contribution in [3.05, 3.63) is 83.3 Å². The molecule has 0 unspecified atom stereocenters. The molecular formula is C29H30F2N6O3. The number of fused-ring (bicyclic) bond motifs is 1. The number of anilines is 1. The lowest BCUT2D eigenvalue weighted by Crippen LogP contribution is -2.49. The van der Waals surface area contributed by atoms with Gasteiger partial charge in [-0.15, -0.1) is 0 Å². The van der Waals surface area contributed by atoms with Crippen molar-refractivity contribution >= 4 is 22.6 Å². The lowest BCUT2D eigenvalue weighted by molar-refractivity contribution is -0.139. The number of para-hydroxylation sites is 1. The largest absolute Gasteiger partial charge is 0.457 e. The Bertz CT molecular complexity index is 1600. The number of carbonyl (C=O) groups is 1. The first kappa shape index (κ1) is 27.1. The summed E-state index contributed by atoms with van der Waals surface area (Å²) >= 11 is 0. The zero-order valence-corrected chi connectivity index (χ0v) is 22.2. The van der Waals surface area contributed by atoms with E-state index in [1.165, 1.54) is 10.6 Å². The number of aromatic amines is 1. The highest BCUT2D eigenvalue weighted by molar-refractivity contribution is 6.02. The summed E-state index contributed by atoms with van der Waals surface area (Å²) in [6.07, 6.45) is 4.05. The molecule has 0 bridgehead atoms. The van der Waals surface area contributed by atoms with Crippen LogP contribution >= 0.6 is 0 Å². The summed E-state index contributed by atoms with van der Waals surface area (Å²) in [6.45, 7) is -0.180. The lowest BCUT2D eigenvalue weighted by atomic mass is 10.0. The number of likely N-dealkylation sites (tertiary alicyclic amines) is 1. The van der Waals surface area contributed by atoms with Crippen LogP contribution in [0.3, 0.4) is 0 Å². The van der Waals surface area contributed by atoms with Crippen molar-refractivity contribution in [1.29, 1.82) is 0 Å². The average molecular weight is 549 g/mol. The molecule has 4 aromatic rings. The maximum absolute atomic E-state index is 15.0. The number of nitrogens with two attached hydrogens (primary N) is 1. The first-order valence-electron chi connectivity index (χ1n) is 12.8. The number of aromatic nitrogens is 3. The number of nitrogen functional groups attached to an aromatic ring is 1. The van der Waals surface area contributed by atoms with Gasteiger partial charge in [-0.05, 0) is 43.9 Å². The van der Waals surface area contributed by atoms with Crippen LogP contribution in [-0.2, 0) is 4.79 Å². The second-order valence-corrected chi connectivity index (χ2v) is 10.1. The number of halogens is 2. The van der Waals surface area contributed by atoms with E-state index < -0.39 is 36.4 Å². The van der Waals surface area contributed by atoms with E-state index in [1.54, 1.807) is 36.5 Å². The molecule has 0 saturated carbocycles.